The van der Waals surface area contributed by atoms with Crippen molar-refractivity contribution in [2.75, 3.05) is 18.0 Å². The number of nitrogens with one attached hydrogen (secondary N) is 1. The molecule has 1 saturated heterocycles. The minimum atomic E-state index is -0.698. The van der Waals surface area contributed by atoms with Crippen LogP contribution in [0.4, 0.5) is 5.69 Å². The largest absolute Gasteiger partial charge is 0.351 e. The number of carbonyl (C=O) groups is 2. The second-order valence-corrected chi connectivity index (χ2v) is 6.85. The molecule has 1 aromatic rings. The summed E-state index contributed by atoms with van der Waals surface area (Å²) >= 11 is 12.2. The first-order valence-corrected chi connectivity index (χ1v) is 9.00. The summed E-state index contributed by atoms with van der Waals surface area (Å²) in [5.74, 6) is -1.20. The standard InChI is InChI=1S/C17H23Cl2N3O2.ClH/c1-2-3-4-12(10-20)21-16(23)13-7-8-22(17(13)24)15-9-11(18)5-6-14(15)19;/h5-6,9,12-13H,2-4,7-8,10,20H2,1H3,(H,21,23);1H. The summed E-state index contributed by atoms with van der Waals surface area (Å²) in [6.45, 7) is 2.90. The van der Waals surface area contributed by atoms with Crippen LogP contribution in [0.5, 0.6) is 0 Å². The van der Waals surface area contributed by atoms with Crippen LogP contribution >= 0.6 is 35.6 Å². The molecule has 0 spiro atoms. The Hall–Kier alpha value is -1.01. The van der Waals surface area contributed by atoms with Gasteiger partial charge in [0.15, 0.2) is 0 Å². The number of hydrogen-bond acceptors (Lipinski definition) is 3. The Kier molecular flexibility index (Phi) is 9.00. The van der Waals surface area contributed by atoms with Crippen LogP contribution in [0.15, 0.2) is 18.2 Å². The Labute approximate surface area is 164 Å². The van der Waals surface area contributed by atoms with Crippen molar-refractivity contribution in [3.63, 3.8) is 0 Å². The van der Waals surface area contributed by atoms with Gasteiger partial charge in [-0.05, 0) is 31.0 Å². The highest BCUT2D eigenvalue weighted by molar-refractivity contribution is 6.36. The lowest BCUT2D eigenvalue weighted by atomic mass is 10.1. The molecular weight excluding hydrogens is 385 g/mol. The summed E-state index contributed by atoms with van der Waals surface area (Å²) in [6.07, 6.45) is 3.31. The summed E-state index contributed by atoms with van der Waals surface area (Å²) < 4.78 is 0. The number of amides is 2. The smallest absolute Gasteiger partial charge is 0.239 e. The Morgan fingerprint density at radius 1 is 1.44 bits per heavy atom. The summed E-state index contributed by atoms with van der Waals surface area (Å²) in [4.78, 5) is 26.6. The molecule has 1 heterocycles. The van der Waals surface area contributed by atoms with Gasteiger partial charge in [0.2, 0.25) is 11.8 Å². The fourth-order valence-corrected chi connectivity index (χ4v) is 3.24. The van der Waals surface area contributed by atoms with Gasteiger partial charge >= 0.3 is 0 Å². The Morgan fingerprint density at radius 3 is 2.80 bits per heavy atom. The molecule has 8 heteroatoms. The highest BCUT2D eigenvalue weighted by Gasteiger charge is 2.38. The van der Waals surface area contributed by atoms with Crippen molar-refractivity contribution in [2.24, 2.45) is 11.7 Å². The predicted octanol–water partition coefficient (Wildman–Crippen LogP) is 3.40. The first-order valence-electron chi connectivity index (χ1n) is 8.24. The molecule has 2 atom stereocenters. The van der Waals surface area contributed by atoms with Gasteiger partial charge in [0.25, 0.3) is 0 Å². The first kappa shape index (κ1) is 22.0. The molecule has 5 nitrogen and oxygen atoms in total. The van der Waals surface area contributed by atoms with E-state index < -0.39 is 5.92 Å². The number of anilines is 1. The highest BCUT2D eigenvalue weighted by atomic mass is 35.5. The number of hydrogen-bond donors (Lipinski definition) is 2. The lowest BCUT2D eigenvalue weighted by Crippen LogP contribution is -2.45. The number of nitrogens with two attached hydrogens (primary N) is 1. The average Bonchev–Trinajstić information content (AvgIpc) is 2.95. The van der Waals surface area contributed by atoms with Crippen molar-refractivity contribution >= 4 is 53.1 Å². The molecule has 0 radical (unpaired) electrons. The monoisotopic (exact) mass is 407 g/mol. The Balaban J connectivity index is 0.00000312. The van der Waals surface area contributed by atoms with Crippen LogP contribution in [-0.2, 0) is 9.59 Å². The van der Waals surface area contributed by atoms with Gasteiger partial charge in [0, 0.05) is 24.2 Å². The van der Waals surface area contributed by atoms with Gasteiger partial charge in [0.05, 0.1) is 10.7 Å². The van der Waals surface area contributed by atoms with Crippen LogP contribution in [0.2, 0.25) is 10.0 Å². The van der Waals surface area contributed by atoms with E-state index in [4.69, 9.17) is 28.9 Å². The quantitative estimate of drug-likeness (QED) is 0.679. The first-order chi connectivity index (χ1) is 11.5. The summed E-state index contributed by atoms with van der Waals surface area (Å²) in [5, 5.41) is 3.84. The van der Waals surface area contributed by atoms with Gasteiger partial charge in [-0.1, -0.05) is 43.0 Å². The van der Waals surface area contributed by atoms with Crippen molar-refractivity contribution in [3.8, 4) is 0 Å². The molecule has 0 aliphatic carbocycles. The SMILES string of the molecule is CCCCC(CN)NC(=O)C1CCN(c2cc(Cl)ccc2Cl)C1=O.Cl. The van der Waals surface area contributed by atoms with E-state index in [0.717, 1.165) is 19.3 Å². The van der Waals surface area contributed by atoms with E-state index in [1.54, 1.807) is 18.2 Å². The maximum Gasteiger partial charge on any atom is 0.239 e. The van der Waals surface area contributed by atoms with Crippen molar-refractivity contribution in [1.29, 1.82) is 0 Å². The molecule has 1 aliphatic rings. The molecule has 3 N–H and O–H groups in total. The van der Waals surface area contributed by atoms with Crippen molar-refractivity contribution in [1.82, 2.24) is 5.32 Å². The maximum absolute atomic E-state index is 12.6. The van der Waals surface area contributed by atoms with Crippen molar-refractivity contribution < 1.29 is 9.59 Å². The van der Waals surface area contributed by atoms with Crippen molar-refractivity contribution in [2.45, 2.75) is 38.6 Å². The lowest BCUT2D eigenvalue weighted by Gasteiger charge is -2.20. The summed E-state index contributed by atoms with van der Waals surface area (Å²) in [7, 11) is 0. The van der Waals surface area contributed by atoms with Crippen LogP contribution < -0.4 is 16.0 Å². The number of unbranched alkanes of at least 4 members (excludes halogenated alkanes) is 1. The fourth-order valence-electron chi connectivity index (χ4n) is 2.86. The summed E-state index contributed by atoms with van der Waals surface area (Å²) in [6, 6.07) is 4.87. The van der Waals surface area contributed by atoms with Gasteiger partial charge in [-0.15, -0.1) is 12.4 Å². The van der Waals surface area contributed by atoms with E-state index in [1.807, 2.05) is 0 Å². The van der Waals surface area contributed by atoms with E-state index in [9.17, 15) is 9.59 Å². The van der Waals surface area contributed by atoms with Gasteiger partial charge in [-0.25, -0.2) is 0 Å². The van der Waals surface area contributed by atoms with Crippen LogP contribution in [-0.4, -0.2) is 30.9 Å². The predicted molar refractivity (Wildman–Crippen MR) is 105 cm³/mol. The molecule has 0 bridgehead atoms. The minimum Gasteiger partial charge on any atom is -0.351 e. The summed E-state index contributed by atoms with van der Waals surface area (Å²) in [5.41, 5.74) is 6.25. The molecule has 2 rings (SSSR count). The fraction of sp³-hybridized carbons (Fsp3) is 0.529. The molecule has 0 aromatic heterocycles. The molecule has 1 aliphatic heterocycles. The third-order valence-corrected chi connectivity index (χ3v) is 4.81. The molecular formula is C17H24Cl3N3O2. The number of rotatable bonds is 7. The Bertz CT molecular complexity index is 613. The molecule has 25 heavy (non-hydrogen) atoms. The zero-order valence-corrected chi connectivity index (χ0v) is 16.5. The van der Waals surface area contributed by atoms with Gasteiger partial charge in [-0.2, -0.15) is 0 Å². The van der Waals surface area contributed by atoms with E-state index in [2.05, 4.69) is 12.2 Å². The number of nitrogens with zero attached hydrogens (tertiary/aromatic N) is 1. The molecule has 2 amide bonds. The van der Waals surface area contributed by atoms with Crippen LogP contribution in [0, 0.1) is 5.92 Å². The van der Waals surface area contributed by atoms with Crippen LogP contribution in [0.25, 0.3) is 0 Å². The minimum absolute atomic E-state index is 0. The van der Waals surface area contributed by atoms with E-state index in [1.165, 1.54) is 4.90 Å². The maximum atomic E-state index is 12.6. The molecule has 1 fully saturated rings. The lowest BCUT2D eigenvalue weighted by molar-refractivity contribution is -0.132. The third kappa shape index (κ3) is 5.48. The molecule has 140 valence electrons. The number of benzene rings is 1. The normalized spacial score (nSPS) is 18.0. The Morgan fingerprint density at radius 2 is 2.16 bits per heavy atom. The molecule has 0 saturated carbocycles. The zero-order valence-electron chi connectivity index (χ0n) is 14.1. The van der Waals surface area contributed by atoms with Crippen LogP contribution in [0.1, 0.15) is 32.6 Å². The molecule has 1 aromatic carbocycles. The second kappa shape index (κ2) is 10.2. The highest BCUT2D eigenvalue weighted by Crippen LogP contribution is 2.33. The van der Waals surface area contributed by atoms with Gasteiger partial charge in [0.1, 0.15) is 5.92 Å². The van der Waals surface area contributed by atoms with E-state index in [0.29, 0.717) is 35.2 Å². The zero-order chi connectivity index (χ0) is 17.7. The van der Waals surface area contributed by atoms with E-state index >= 15 is 0 Å². The average molecular weight is 409 g/mol. The number of carbonyl (C=O) groups excluding carboxylic acids is 2. The van der Waals surface area contributed by atoms with Crippen LogP contribution in [0.3, 0.4) is 0 Å². The third-order valence-electron chi connectivity index (χ3n) is 4.26. The topological polar surface area (TPSA) is 75.4 Å². The second-order valence-electron chi connectivity index (χ2n) is 6.01. The molecule has 2 unspecified atom stereocenters. The van der Waals surface area contributed by atoms with Crippen molar-refractivity contribution in [3.05, 3.63) is 28.2 Å². The van der Waals surface area contributed by atoms with Gasteiger partial charge in [-0.3, -0.25) is 9.59 Å². The van der Waals surface area contributed by atoms with E-state index in [-0.39, 0.29) is 30.3 Å². The van der Waals surface area contributed by atoms with Gasteiger partial charge < -0.3 is 16.0 Å². The number of halogens is 3.